The van der Waals surface area contributed by atoms with Crippen LogP contribution in [0.4, 0.5) is 8.78 Å². The summed E-state index contributed by atoms with van der Waals surface area (Å²) in [6.07, 6.45) is 1.17. The molecule has 126 valence electrons. The highest BCUT2D eigenvalue weighted by molar-refractivity contribution is 5.93. The van der Waals surface area contributed by atoms with E-state index in [0.717, 1.165) is 11.6 Å². The van der Waals surface area contributed by atoms with Gasteiger partial charge in [-0.15, -0.1) is 0 Å². The molecule has 0 aliphatic carbocycles. The smallest absolute Gasteiger partial charge is 0.253 e. The molecule has 3 aromatic rings. The number of carbonyl (C=O) groups is 1. The van der Waals surface area contributed by atoms with Gasteiger partial charge in [-0.3, -0.25) is 4.79 Å². The summed E-state index contributed by atoms with van der Waals surface area (Å²) >= 11 is 0. The van der Waals surface area contributed by atoms with Crippen LogP contribution in [0.2, 0.25) is 0 Å². The third-order valence-electron chi connectivity index (χ3n) is 3.41. The summed E-state index contributed by atoms with van der Waals surface area (Å²) in [6, 6.07) is 15.5. The monoisotopic (exact) mass is 340 g/mol. The molecule has 0 aliphatic rings. The Morgan fingerprint density at radius 2 is 1.88 bits per heavy atom. The highest BCUT2D eigenvalue weighted by atomic mass is 19.1. The minimum atomic E-state index is -0.644. The number of aromatic nitrogens is 1. The van der Waals surface area contributed by atoms with Crippen molar-refractivity contribution < 1.29 is 18.3 Å². The Bertz CT molecular complexity index is 883. The van der Waals surface area contributed by atoms with Crippen LogP contribution < -0.4 is 10.1 Å². The standard InChI is InChI=1S/C19H14F2N2O2/c20-16-6-1-2-7-17(16)25-15-5-3-4-13(10-15)11-23-19(24)14-8-9-18(21)22-12-14/h1-10,12H,11H2,(H,23,24). The van der Waals surface area contributed by atoms with Crippen LogP contribution in [0.1, 0.15) is 15.9 Å². The number of halogens is 2. The fourth-order valence-electron chi connectivity index (χ4n) is 2.17. The van der Waals surface area contributed by atoms with Gasteiger partial charge in [0, 0.05) is 12.7 Å². The predicted octanol–water partition coefficient (Wildman–Crippen LogP) is 4.08. The van der Waals surface area contributed by atoms with E-state index in [4.69, 9.17) is 4.74 Å². The van der Waals surface area contributed by atoms with E-state index in [1.807, 2.05) is 0 Å². The quantitative estimate of drug-likeness (QED) is 0.712. The molecule has 4 nitrogen and oxygen atoms in total. The number of hydrogen-bond donors (Lipinski definition) is 1. The molecule has 0 radical (unpaired) electrons. The van der Waals surface area contributed by atoms with Gasteiger partial charge in [0.15, 0.2) is 11.6 Å². The lowest BCUT2D eigenvalue weighted by molar-refractivity contribution is 0.0950. The number of rotatable bonds is 5. The summed E-state index contributed by atoms with van der Waals surface area (Å²) < 4.78 is 31.9. The molecule has 0 atom stereocenters. The Balaban J connectivity index is 1.64. The van der Waals surface area contributed by atoms with E-state index in [2.05, 4.69) is 10.3 Å². The van der Waals surface area contributed by atoms with Crippen molar-refractivity contribution in [3.8, 4) is 11.5 Å². The lowest BCUT2D eigenvalue weighted by Crippen LogP contribution is -2.22. The summed E-state index contributed by atoms with van der Waals surface area (Å²) in [5.74, 6) is -0.881. The minimum absolute atomic E-state index is 0.126. The van der Waals surface area contributed by atoms with Gasteiger partial charge < -0.3 is 10.1 Å². The number of nitrogens with zero attached hydrogens (tertiary/aromatic N) is 1. The molecule has 1 aromatic heterocycles. The first-order chi connectivity index (χ1) is 12.1. The normalized spacial score (nSPS) is 10.3. The number of benzene rings is 2. The largest absolute Gasteiger partial charge is 0.454 e. The Morgan fingerprint density at radius 1 is 1.04 bits per heavy atom. The fourth-order valence-corrected chi connectivity index (χ4v) is 2.17. The van der Waals surface area contributed by atoms with Gasteiger partial charge >= 0.3 is 0 Å². The molecule has 1 N–H and O–H groups in total. The number of pyridine rings is 1. The zero-order chi connectivity index (χ0) is 17.6. The van der Waals surface area contributed by atoms with E-state index < -0.39 is 11.8 Å². The Hall–Kier alpha value is -3.28. The van der Waals surface area contributed by atoms with Gasteiger partial charge in [0.1, 0.15) is 5.75 Å². The first kappa shape index (κ1) is 16.6. The number of hydrogen-bond acceptors (Lipinski definition) is 3. The van der Waals surface area contributed by atoms with Crippen LogP contribution in [-0.4, -0.2) is 10.9 Å². The molecule has 25 heavy (non-hydrogen) atoms. The minimum Gasteiger partial charge on any atom is -0.454 e. The number of para-hydroxylation sites is 1. The van der Waals surface area contributed by atoms with E-state index in [-0.39, 0.29) is 23.8 Å². The molecule has 0 fully saturated rings. The number of nitrogens with one attached hydrogen (secondary N) is 1. The average Bonchev–Trinajstić information content (AvgIpc) is 2.63. The maximum absolute atomic E-state index is 13.6. The van der Waals surface area contributed by atoms with Gasteiger partial charge in [0.2, 0.25) is 5.95 Å². The zero-order valence-corrected chi connectivity index (χ0v) is 13.1. The van der Waals surface area contributed by atoms with E-state index in [0.29, 0.717) is 5.75 Å². The SMILES string of the molecule is O=C(NCc1cccc(Oc2ccccc2F)c1)c1ccc(F)nc1. The van der Waals surface area contributed by atoms with Gasteiger partial charge in [0.25, 0.3) is 5.91 Å². The van der Waals surface area contributed by atoms with Crippen molar-refractivity contribution in [2.45, 2.75) is 6.54 Å². The third kappa shape index (κ3) is 4.38. The van der Waals surface area contributed by atoms with Crippen molar-refractivity contribution in [3.63, 3.8) is 0 Å². The lowest BCUT2D eigenvalue weighted by Gasteiger charge is -2.09. The molecule has 6 heteroatoms. The van der Waals surface area contributed by atoms with E-state index in [1.54, 1.807) is 36.4 Å². The van der Waals surface area contributed by atoms with Crippen LogP contribution >= 0.6 is 0 Å². The summed E-state index contributed by atoms with van der Waals surface area (Å²) in [5, 5.41) is 2.71. The molecule has 0 aliphatic heterocycles. The molecule has 0 saturated heterocycles. The predicted molar refractivity (Wildman–Crippen MR) is 88.3 cm³/mol. The third-order valence-corrected chi connectivity index (χ3v) is 3.41. The van der Waals surface area contributed by atoms with Gasteiger partial charge in [-0.2, -0.15) is 4.39 Å². The first-order valence-corrected chi connectivity index (χ1v) is 7.53. The van der Waals surface area contributed by atoms with Crippen LogP contribution in [0, 0.1) is 11.8 Å². The molecule has 2 aromatic carbocycles. The second-order valence-corrected chi connectivity index (χ2v) is 5.23. The van der Waals surface area contributed by atoms with Gasteiger partial charge in [-0.05, 0) is 42.0 Å². The number of ether oxygens (including phenoxy) is 1. The van der Waals surface area contributed by atoms with Crippen molar-refractivity contribution >= 4 is 5.91 Å². The highest BCUT2D eigenvalue weighted by Crippen LogP contribution is 2.24. The lowest BCUT2D eigenvalue weighted by atomic mass is 10.2. The molecular weight excluding hydrogens is 326 g/mol. The summed E-state index contributed by atoms with van der Waals surface area (Å²) in [4.78, 5) is 15.4. The second-order valence-electron chi connectivity index (χ2n) is 5.23. The van der Waals surface area contributed by atoms with E-state index in [1.165, 1.54) is 24.4 Å². The molecule has 1 amide bonds. The second kappa shape index (κ2) is 7.53. The molecular formula is C19H14F2N2O2. The van der Waals surface area contributed by atoms with Crippen LogP contribution in [0.3, 0.4) is 0 Å². The van der Waals surface area contributed by atoms with E-state index in [9.17, 15) is 13.6 Å². The molecule has 1 heterocycles. The summed E-state index contributed by atoms with van der Waals surface area (Å²) in [7, 11) is 0. The maximum Gasteiger partial charge on any atom is 0.253 e. The molecule has 0 saturated carbocycles. The van der Waals surface area contributed by atoms with Crippen LogP contribution in [0.25, 0.3) is 0 Å². The molecule has 0 unspecified atom stereocenters. The van der Waals surface area contributed by atoms with Gasteiger partial charge in [-0.25, -0.2) is 9.37 Å². The van der Waals surface area contributed by atoms with Crippen LogP contribution in [0.5, 0.6) is 11.5 Å². The van der Waals surface area contributed by atoms with Crippen molar-refractivity contribution in [2.24, 2.45) is 0 Å². The number of carbonyl (C=O) groups excluding carboxylic acids is 1. The van der Waals surface area contributed by atoms with Gasteiger partial charge in [-0.1, -0.05) is 24.3 Å². The van der Waals surface area contributed by atoms with Crippen LogP contribution in [0.15, 0.2) is 66.9 Å². The number of amides is 1. The van der Waals surface area contributed by atoms with Gasteiger partial charge in [0.05, 0.1) is 5.56 Å². The molecule has 3 rings (SSSR count). The van der Waals surface area contributed by atoms with Crippen molar-refractivity contribution in [1.29, 1.82) is 0 Å². The highest BCUT2D eigenvalue weighted by Gasteiger charge is 2.07. The van der Waals surface area contributed by atoms with E-state index >= 15 is 0 Å². The molecule has 0 bridgehead atoms. The van der Waals surface area contributed by atoms with Crippen molar-refractivity contribution in [2.75, 3.05) is 0 Å². The Kier molecular flexibility index (Phi) is 4.99. The first-order valence-electron chi connectivity index (χ1n) is 7.53. The Morgan fingerprint density at radius 3 is 2.64 bits per heavy atom. The summed E-state index contributed by atoms with van der Waals surface area (Å²) in [5.41, 5.74) is 1.04. The van der Waals surface area contributed by atoms with Crippen molar-refractivity contribution in [1.82, 2.24) is 10.3 Å². The molecule has 0 spiro atoms. The average molecular weight is 340 g/mol. The fraction of sp³-hybridized carbons (Fsp3) is 0.0526. The Labute approximate surface area is 143 Å². The maximum atomic E-state index is 13.6. The van der Waals surface area contributed by atoms with Crippen molar-refractivity contribution in [3.05, 3.63) is 89.8 Å². The zero-order valence-electron chi connectivity index (χ0n) is 13.1. The van der Waals surface area contributed by atoms with Crippen LogP contribution in [-0.2, 0) is 6.54 Å². The summed E-state index contributed by atoms with van der Waals surface area (Å²) in [6.45, 7) is 0.241. The topological polar surface area (TPSA) is 51.2 Å².